The number of hydrogen-bond donors (Lipinski definition) is 0. The van der Waals surface area contributed by atoms with Crippen molar-refractivity contribution in [2.45, 2.75) is 20.8 Å². The standard InChI is InChI=1S/C15H14ClNO2/c1-9-7-12(8-10(2)14(9)16)19-15-13(11(3)18)5-4-6-17-15/h4-8H,1-3H3. The molecule has 0 atom stereocenters. The quantitative estimate of drug-likeness (QED) is 0.782. The lowest BCUT2D eigenvalue weighted by Crippen LogP contribution is -1.99. The average molecular weight is 276 g/mol. The molecular weight excluding hydrogens is 262 g/mol. The van der Waals surface area contributed by atoms with E-state index in [1.54, 1.807) is 18.3 Å². The number of Topliss-reactive ketones (excluding diaryl/α,β-unsaturated/α-hetero) is 1. The van der Waals surface area contributed by atoms with Gasteiger partial charge in [0.15, 0.2) is 5.78 Å². The Bertz CT molecular complexity index is 615. The topological polar surface area (TPSA) is 39.2 Å². The van der Waals surface area contributed by atoms with E-state index in [0.29, 0.717) is 17.2 Å². The minimum atomic E-state index is -0.0782. The van der Waals surface area contributed by atoms with Crippen LogP contribution in [0.15, 0.2) is 30.5 Å². The van der Waals surface area contributed by atoms with Crippen LogP contribution in [-0.4, -0.2) is 10.8 Å². The van der Waals surface area contributed by atoms with E-state index in [2.05, 4.69) is 4.98 Å². The van der Waals surface area contributed by atoms with Crippen molar-refractivity contribution < 1.29 is 9.53 Å². The molecule has 2 rings (SSSR count). The molecule has 19 heavy (non-hydrogen) atoms. The van der Waals surface area contributed by atoms with Crippen molar-refractivity contribution in [2.24, 2.45) is 0 Å². The maximum atomic E-state index is 11.5. The molecule has 0 bridgehead atoms. The van der Waals surface area contributed by atoms with Gasteiger partial charge in [-0.2, -0.15) is 0 Å². The summed E-state index contributed by atoms with van der Waals surface area (Å²) in [6.45, 7) is 5.31. The summed E-state index contributed by atoms with van der Waals surface area (Å²) < 4.78 is 5.70. The lowest BCUT2D eigenvalue weighted by atomic mass is 10.1. The van der Waals surface area contributed by atoms with Crippen LogP contribution in [0.3, 0.4) is 0 Å². The first kappa shape index (κ1) is 13.6. The molecule has 0 unspecified atom stereocenters. The Morgan fingerprint density at radius 1 is 1.26 bits per heavy atom. The van der Waals surface area contributed by atoms with Crippen LogP contribution in [0.4, 0.5) is 0 Å². The summed E-state index contributed by atoms with van der Waals surface area (Å²) in [6.07, 6.45) is 1.59. The van der Waals surface area contributed by atoms with Gasteiger partial charge in [0.2, 0.25) is 5.88 Å². The molecule has 0 radical (unpaired) electrons. The number of aryl methyl sites for hydroxylation is 2. The third-order valence-corrected chi connectivity index (χ3v) is 3.37. The van der Waals surface area contributed by atoms with E-state index in [1.807, 2.05) is 26.0 Å². The summed E-state index contributed by atoms with van der Waals surface area (Å²) in [5, 5.41) is 0.722. The second-order valence-electron chi connectivity index (χ2n) is 4.39. The zero-order chi connectivity index (χ0) is 14.0. The van der Waals surface area contributed by atoms with Gasteiger partial charge in [0.05, 0.1) is 5.56 Å². The van der Waals surface area contributed by atoms with Crippen molar-refractivity contribution >= 4 is 17.4 Å². The predicted octanol–water partition coefficient (Wildman–Crippen LogP) is 4.35. The molecule has 1 heterocycles. The van der Waals surface area contributed by atoms with Gasteiger partial charge in [0.1, 0.15) is 5.75 Å². The molecule has 0 aliphatic heterocycles. The molecule has 0 amide bonds. The molecule has 0 fully saturated rings. The summed E-state index contributed by atoms with van der Waals surface area (Å²) in [7, 11) is 0. The third kappa shape index (κ3) is 2.93. The fourth-order valence-electron chi connectivity index (χ4n) is 1.82. The van der Waals surface area contributed by atoms with Gasteiger partial charge >= 0.3 is 0 Å². The van der Waals surface area contributed by atoms with E-state index in [-0.39, 0.29) is 5.78 Å². The number of hydrogen-bond acceptors (Lipinski definition) is 3. The van der Waals surface area contributed by atoms with Gasteiger partial charge in [-0.05, 0) is 56.2 Å². The van der Waals surface area contributed by atoms with E-state index < -0.39 is 0 Å². The Labute approximate surface area is 117 Å². The van der Waals surface area contributed by atoms with Crippen molar-refractivity contribution in [2.75, 3.05) is 0 Å². The zero-order valence-electron chi connectivity index (χ0n) is 11.0. The molecule has 0 aliphatic carbocycles. The second-order valence-corrected chi connectivity index (χ2v) is 4.76. The average Bonchev–Trinajstić information content (AvgIpc) is 2.36. The van der Waals surface area contributed by atoms with E-state index in [1.165, 1.54) is 6.92 Å². The SMILES string of the molecule is CC(=O)c1cccnc1Oc1cc(C)c(Cl)c(C)c1. The molecule has 0 saturated heterocycles. The molecule has 98 valence electrons. The molecule has 1 aromatic carbocycles. The number of ether oxygens (including phenoxy) is 1. The summed E-state index contributed by atoms with van der Waals surface area (Å²) in [4.78, 5) is 15.6. The molecule has 0 spiro atoms. The Morgan fingerprint density at radius 3 is 2.47 bits per heavy atom. The van der Waals surface area contributed by atoms with Crippen LogP contribution < -0.4 is 4.74 Å². The number of nitrogens with zero attached hydrogens (tertiary/aromatic N) is 1. The Morgan fingerprint density at radius 2 is 1.89 bits per heavy atom. The lowest BCUT2D eigenvalue weighted by Gasteiger charge is -2.10. The molecule has 2 aromatic rings. The number of halogens is 1. The number of carbonyl (C=O) groups is 1. The van der Waals surface area contributed by atoms with E-state index in [4.69, 9.17) is 16.3 Å². The van der Waals surface area contributed by atoms with Gasteiger partial charge in [-0.1, -0.05) is 11.6 Å². The number of aromatic nitrogens is 1. The van der Waals surface area contributed by atoms with Crippen LogP contribution in [0, 0.1) is 13.8 Å². The van der Waals surface area contributed by atoms with Crippen LogP contribution in [0.1, 0.15) is 28.4 Å². The van der Waals surface area contributed by atoms with Crippen molar-refractivity contribution in [3.63, 3.8) is 0 Å². The molecule has 0 aliphatic rings. The van der Waals surface area contributed by atoms with Crippen molar-refractivity contribution in [1.82, 2.24) is 4.98 Å². The minimum Gasteiger partial charge on any atom is -0.438 e. The Balaban J connectivity index is 2.39. The summed E-state index contributed by atoms with van der Waals surface area (Å²) >= 11 is 6.11. The van der Waals surface area contributed by atoms with Gasteiger partial charge in [-0.25, -0.2) is 4.98 Å². The number of ketones is 1. The van der Waals surface area contributed by atoms with Crippen molar-refractivity contribution in [1.29, 1.82) is 0 Å². The van der Waals surface area contributed by atoms with Gasteiger partial charge < -0.3 is 4.74 Å². The maximum Gasteiger partial charge on any atom is 0.230 e. The molecule has 0 saturated carbocycles. The van der Waals surface area contributed by atoms with E-state index in [0.717, 1.165) is 16.1 Å². The lowest BCUT2D eigenvalue weighted by molar-refractivity contribution is 0.101. The number of rotatable bonds is 3. The monoisotopic (exact) mass is 275 g/mol. The molecule has 1 aromatic heterocycles. The van der Waals surface area contributed by atoms with Crippen LogP contribution >= 0.6 is 11.6 Å². The largest absolute Gasteiger partial charge is 0.438 e. The number of carbonyl (C=O) groups excluding carboxylic acids is 1. The molecule has 4 heteroatoms. The van der Waals surface area contributed by atoms with Crippen molar-refractivity contribution in [3.05, 3.63) is 52.2 Å². The highest BCUT2D eigenvalue weighted by molar-refractivity contribution is 6.32. The number of benzene rings is 1. The van der Waals surface area contributed by atoms with E-state index >= 15 is 0 Å². The van der Waals surface area contributed by atoms with Crippen LogP contribution in [0.5, 0.6) is 11.6 Å². The first-order valence-electron chi connectivity index (χ1n) is 5.89. The van der Waals surface area contributed by atoms with Gasteiger partial charge in [-0.15, -0.1) is 0 Å². The van der Waals surface area contributed by atoms with Crippen LogP contribution in [-0.2, 0) is 0 Å². The molecule has 0 N–H and O–H groups in total. The van der Waals surface area contributed by atoms with Crippen LogP contribution in [0.25, 0.3) is 0 Å². The van der Waals surface area contributed by atoms with Gasteiger partial charge in [-0.3, -0.25) is 4.79 Å². The summed E-state index contributed by atoms with van der Waals surface area (Å²) in [5.41, 5.74) is 2.32. The normalized spacial score (nSPS) is 10.3. The van der Waals surface area contributed by atoms with Gasteiger partial charge in [0.25, 0.3) is 0 Å². The number of pyridine rings is 1. The highest BCUT2D eigenvalue weighted by atomic mass is 35.5. The minimum absolute atomic E-state index is 0.0782. The first-order valence-corrected chi connectivity index (χ1v) is 6.27. The summed E-state index contributed by atoms with van der Waals surface area (Å²) in [6, 6.07) is 7.06. The Kier molecular flexibility index (Phi) is 3.86. The maximum absolute atomic E-state index is 11.5. The summed E-state index contributed by atoms with van der Waals surface area (Å²) in [5.74, 6) is 0.863. The highest BCUT2D eigenvalue weighted by Crippen LogP contribution is 2.29. The third-order valence-electron chi connectivity index (χ3n) is 2.77. The molecular formula is C15H14ClNO2. The predicted molar refractivity (Wildman–Crippen MR) is 75.2 cm³/mol. The van der Waals surface area contributed by atoms with Crippen LogP contribution in [0.2, 0.25) is 5.02 Å². The zero-order valence-corrected chi connectivity index (χ0v) is 11.8. The smallest absolute Gasteiger partial charge is 0.230 e. The highest BCUT2D eigenvalue weighted by Gasteiger charge is 2.11. The van der Waals surface area contributed by atoms with Gasteiger partial charge in [0, 0.05) is 11.2 Å². The van der Waals surface area contributed by atoms with E-state index in [9.17, 15) is 4.79 Å². The fourth-order valence-corrected chi connectivity index (χ4v) is 1.93. The second kappa shape index (κ2) is 5.41. The fraction of sp³-hybridized carbons (Fsp3) is 0.200. The first-order chi connectivity index (χ1) is 8.99. The Hall–Kier alpha value is -1.87. The molecule has 3 nitrogen and oxygen atoms in total. The van der Waals surface area contributed by atoms with Crippen molar-refractivity contribution in [3.8, 4) is 11.6 Å².